The number of ether oxygens (including phenoxy) is 1. The van der Waals surface area contributed by atoms with Gasteiger partial charge in [-0.15, -0.1) is 0 Å². The quantitative estimate of drug-likeness (QED) is 0.393. The summed E-state index contributed by atoms with van der Waals surface area (Å²) < 4.78 is 5.96. The number of nitrogens with one attached hydrogen (secondary N) is 1. The summed E-state index contributed by atoms with van der Waals surface area (Å²) >= 11 is 0. The molecule has 31 heavy (non-hydrogen) atoms. The van der Waals surface area contributed by atoms with E-state index in [1.54, 1.807) is 18.6 Å². The Morgan fingerprint density at radius 1 is 0.968 bits per heavy atom. The average molecular weight is 410 g/mol. The number of hydrogen-bond donors (Lipinski definition) is 3. The fourth-order valence-electron chi connectivity index (χ4n) is 3.76. The van der Waals surface area contributed by atoms with Crippen molar-refractivity contribution in [3.63, 3.8) is 0 Å². The number of nitrogen functional groups attached to an aromatic ring is 1. The van der Waals surface area contributed by atoms with Crippen LogP contribution >= 0.6 is 0 Å². The summed E-state index contributed by atoms with van der Waals surface area (Å²) in [5.41, 5.74) is 18.0. The Hall–Kier alpha value is -3.97. The van der Waals surface area contributed by atoms with Crippen molar-refractivity contribution in [2.45, 2.75) is 12.5 Å². The van der Waals surface area contributed by atoms with Crippen LogP contribution in [0.5, 0.6) is 5.75 Å². The molecule has 0 radical (unpaired) electrons. The zero-order valence-corrected chi connectivity index (χ0v) is 16.8. The van der Waals surface area contributed by atoms with E-state index in [4.69, 9.17) is 16.2 Å². The molecule has 7 nitrogen and oxygen atoms in total. The molecular formula is C24H22N6O. The van der Waals surface area contributed by atoms with Crippen molar-refractivity contribution in [1.29, 1.82) is 0 Å². The number of rotatable bonds is 6. The largest absolute Gasteiger partial charge is 0.490 e. The molecule has 0 fully saturated rings. The lowest BCUT2D eigenvalue weighted by atomic mass is 10.0. The summed E-state index contributed by atoms with van der Waals surface area (Å²) in [7, 11) is 0. The lowest BCUT2D eigenvalue weighted by Crippen LogP contribution is -2.30. The summed E-state index contributed by atoms with van der Waals surface area (Å²) in [5, 5.41) is 10.1. The van der Waals surface area contributed by atoms with Gasteiger partial charge in [-0.25, -0.2) is 0 Å². The topological polar surface area (TPSA) is 116 Å². The summed E-state index contributed by atoms with van der Waals surface area (Å²) in [6.07, 6.45) is 7.79. The van der Waals surface area contributed by atoms with Gasteiger partial charge in [0.25, 0.3) is 0 Å². The van der Waals surface area contributed by atoms with Gasteiger partial charge in [0.1, 0.15) is 12.4 Å². The summed E-state index contributed by atoms with van der Waals surface area (Å²) in [5.74, 6) is 0.674. The highest BCUT2D eigenvalue weighted by atomic mass is 16.5. The van der Waals surface area contributed by atoms with Crippen LogP contribution in [0.25, 0.3) is 32.9 Å². The highest BCUT2D eigenvalue weighted by Crippen LogP contribution is 2.28. The molecule has 5 rings (SSSR count). The van der Waals surface area contributed by atoms with Crippen LogP contribution in [0.15, 0.2) is 73.3 Å². The zero-order valence-electron chi connectivity index (χ0n) is 16.8. The highest BCUT2D eigenvalue weighted by Gasteiger charge is 2.11. The Morgan fingerprint density at radius 2 is 1.87 bits per heavy atom. The number of para-hydroxylation sites is 1. The minimum Gasteiger partial charge on any atom is -0.490 e. The van der Waals surface area contributed by atoms with Crippen LogP contribution in [0.1, 0.15) is 5.56 Å². The average Bonchev–Trinajstić information content (AvgIpc) is 3.21. The first-order chi connectivity index (χ1) is 15.2. The fraction of sp³-hybridized carbons (Fsp3) is 0.125. The van der Waals surface area contributed by atoms with Gasteiger partial charge in [-0.3, -0.25) is 4.98 Å². The minimum atomic E-state index is -0.137. The molecule has 0 bridgehead atoms. The molecule has 7 heteroatoms. The molecule has 0 saturated heterocycles. The smallest absolute Gasteiger partial charge is 0.138 e. The van der Waals surface area contributed by atoms with Crippen molar-refractivity contribution < 1.29 is 4.74 Å². The number of H-pyrrole nitrogens is 1. The molecule has 0 saturated carbocycles. The van der Waals surface area contributed by atoms with Crippen LogP contribution < -0.4 is 16.2 Å². The number of benzene rings is 2. The molecule has 3 aromatic heterocycles. The Morgan fingerprint density at radius 3 is 2.81 bits per heavy atom. The fourth-order valence-corrected chi connectivity index (χ4v) is 3.76. The Kier molecular flexibility index (Phi) is 4.93. The predicted molar refractivity (Wildman–Crippen MR) is 123 cm³/mol. The summed E-state index contributed by atoms with van der Waals surface area (Å²) in [4.78, 5) is 7.61. The summed E-state index contributed by atoms with van der Waals surface area (Å²) in [6.45, 7) is 0.394. The molecule has 5 N–H and O–H groups in total. The van der Waals surface area contributed by atoms with Gasteiger partial charge in [-0.05, 0) is 41.8 Å². The van der Waals surface area contributed by atoms with Gasteiger partial charge >= 0.3 is 0 Å². The molecule has 0 unspecified atom stereocenters. The van der Waals surface area contributed by atoms with E-state index < -0.39 is 0 Å². The van der Waals surface area contributed by atoms with Crippen LogP contribution in [-0.4, -0.2) is 32.8 Å². The second-order valence-corrected chi connectivity index (χ2v) is 7.58. The van der Waals surface area contributed by atoms with E-state index in [9.17, 15) is 0 Å². The second-order valence-electron chi connectivity index (χ2n) is 7.58. The van der Waals surface area contributed by atoms with Crippen molar-refractivity contribution in [1.82, 2.24) is 20.2 Å². The van der Waals surface area contributed by atoms with Crippen LogP contribution in [0, 0.1) is 0 Å². The van der Waals surface area contributed by atoms with E-state index in [2.05, 4.69) is 32.3 Å². The molecular weight excluding hydrogens is 388 g/mol. The number of hydrogen-bond acceptors (Lipinski definition) is 6. The number of aromatic amines is 1. The molecule has 0 aliphatic rings. The van der Waals surface area contributed by atoms with E-state index in [0.717, 1.165) is 34.0 Å². The first-order valence-electron chi connectivity index (χ1n) is 10.1. The molecule has 0 amide bonds. The molecule has 0 spiro atoms. The van der Waals surface area contributed by atoms with Gasteiger partial charge in [0.15, 0.2) is 0 Å². The van der Waals surface area contributed by atoms with E-state index in [0.29, 0.717) is 18.0 Å². The van der Waals surface area contributed by atoms with Gasteiger partial charge in [0, 0.05) is 40.3 Å². The monoisotopic (exact) mass is 410 g/mol. The number of pyridine rings is 1. The lowest BCUT2D eigenvalue weighted by Gasteiger charge is -2.13. The second kappa shape index (κ2) is 8.04. The molecule has 154 valence electrons. The van der Waals surface area contributed by atoms with Gasteiger partial charge in [0.2, 0.25) is 0 Å². The number of nitrogens with two attached hydrogens (primary N) is 2. The van der Waals surface area contributed by atoms with E-state index in [-0.39, 0.29) is 6.04 Å². The third-order valence-electron chi connectivity index (χ3n) is 5.34. The van der Waals surface area contributed by atoms with Crippen molar-refractivity contribution in [2.75, 3.05) is 12.3 Å². The molecule has 2 aromatic carbocycles. The zero-order chi connectivity index (χ0) is 21.2. The van der Waals surface area contributed by atoms with Crippen molar-refractivity contribution in [2.24, 2.45) is 5.73 Å². The predicted octanol–water partition coefficient (Wildman–Crippen LogP) is 3.70. The van der Waals surface area contributed by atoms with Crippen LogP contribution in [0.4, 0.5) is 5.69 Å². The third-order valence-corrected chi connectivity index (χ3v) is 5.34. The number of anilines is 1. The van der Waals surface area contributed by atoms with Crippen molar-refractivity contribution >= 4 is 27.5 Å². The number of nitrogens with zero attached hydrogens (tertiary/aromatic N) is 3. The molecule has 1 atom stereocenters. The Labute approximate surface area is 179 Å². The van der Waals surface area contributed by atoms with Crippen LogP contribution in [-0.2, 0) is 6.42 Å². The van der Waals surface area contributed by atoms with Crippen LogP contribution in [0.2, 0.25) is 0 Å². The molecule has 5 aromatic rings. The first-order valence-corrected chi connectivity index (χ1v) is 10.1. The van der Waals surface area contributed by atoms with Gasteiger partial charge in [-0.2, -0.15) is 10.2 Å². The van der Waals surface area contributed by atoms with E-state index >= 15 is 0 Å². The Bertz CT molecular complexity index is 1360. The van der Waals surface area contributed by atoms with Crippen molar-refractivity contribution in [3.8, 4) is 16.9 Å². The molecule has 0 aliphatic carbocycles. The van der Waals surface area contributed by atoms with Gasteiger partial charge in [-0.1, -0.05) is 24.3 Å². The SMILES string of the molecule is Nc1cnnc2ccc(-c3cncc(OC[C@@H](N)Cc4c[nH]c5ccccc45)c3)cc12. The van der Waals surface area contributed by atoms with E-state index in [1.807, 2.05) is 42.6 Å². The molecule has 3 heterocycles. The van der Waals surface area contributed by atoms with Gasteiger partial charge in [0.05, 0.1) is 23.6 Å². The standard InChI is InChI=1S/C24H22N6O/c25-18(7-17-11-28-23-4-2-1-3-20(17)23)14-31-19-8-16(10-27-12-19)15-5-6-24-21(9-15)22(26)13-29-30-24/h1-6,8-13,18,28H,7,14,25H2,(H2,26,30)/t18-/m0/s1. The minimum absolute atomic E-state index is 0.137. The maximum Gasteiger partial charge on any atom is 0.138 e. The molecule has 0 aliphatic heterocycles. The van der Waals surface area contributed by atoms with Crippen molar-refractivity contribution in [3.05, 3.63) is 78.9 Å². The van der Waals surface area contributed by atoms with Crippen LogP contribution in [0.3, 0.4) is 0 Å². The Balaban J connectivity index is 1.30. The normalized spacial score (nSPS) is 12.3. The first kappa shape index (κ1) is 19.0. The maximum atomic E-state index is 6.35. The number of fused-ring (bicyclic) bond motifs is 2. The van der Waals surface area contributed by atoms with Gasteiger partial charge < -0.3 is 21.2 Å². The lowest BCUT2D eigenvalue weighted by molar-refractivity contribution is 0.287. The third kappa shape index (κ3) is 3.91. The summed E-state index contributed by atoms with van der Waals surface area (Å²) in [6, 6.07) is 15.9. The number of aromatic nitrogens is 4. The van der Waals surface area contributed by atoms with E-state index in [1.165, 1.54) is 10.9 Å². The maximum absolute atomic E-state index is 6.35. The highest BCUT2D eigenvalue weighted by molar-refractivity contribution is 5.92.